The molecule has 0 fully saturated rings. The van der Waals surface area contributed by atoms with E-state index >= 15 is 0 Å². The van der Waals surface area contributed by atoms with Crippen molar-refractivity contribution >= 4 is 23.2 Å². The third kappa shape index (κ3) is 6.52. The fourth-order valence-electron chi connectivity index (χ4n) is 3.95. The van der Waals surface area contributed by atoms with Crippen LogP contribution in [0.25, 0.3) is 11.1 Å². The molecule has 1 N–H and O–H groups in total. The first-order chi connectivity index (χ1) is 16.3. The molecule has 0 saturated heterocycles. The Balaban J connectivity index is 1.70. The predicted octanol–water partition coefficient (Wildman–Crippen LogP) is 6.77. The maximum absolute atomic E-state index is 12.9. The Morgan fingerprint density at radius 2 is 1.65 bits per heavy atom. The lowest BCUT2D eigenvalue weighted by atomic mass is 10.0. The molecule has 0 aliphatic heterocycles. The highest BCUT2D eigenvalue weighted by atomic mass is 35.5. The fraction of sp³-hybridized carbons (Fsp3) is 0.321. The molecule has 34 heavy (non-hydrogen) atoms. The van der Waals surface area contributed by atoms with Gasteiger partial charge in [-0.05, 0) is 57.5 Å². The molecule has 1 amide bonds. The van der Waals surface area contributed by atoms with Gasteiger partial charge in [-0.25, -0.2) is 0 Å². The maximum Gasteiger partial charge on any atom is 0.255 e. The van der Waals surface area contributed by atoms with E-state index in [4.69, 9.17) is 21.1 Å². The molecule has 0 radical (unpaired) electrons. The zero-order valence-corrected chi connectivity index (χ0v) is 21.2. The van der Waals surface area contributed by atoms with E-state index in [1.165, 1.54) is 0 Å². The van der Waals surface area contributed by atoms with Gasteiger partial charge in [0.05, 0.1) is 7.11 Å². The molecule has 0 aliphatic rings. The molecular formula is C28H33ClN2O3. The van der Waals surface area contributed by atoms with Crippen molar-refractivity contribution in [1.82, 2.24) is 4.90 Å². The second-order valence-electron chi connectivity index (χ2n) is 8.65. The van der Waals surface area contributed by atoms with Gasteiger partial charge in [0.1, 0.15) is 6.61 Å². The number of halogens is 1. The minimum absolute atomic E-state index is 0.247. The van der Waals surface area contributed by atoms with Crippen LogP contribution in [0.1, 0.15) is 38.1 Å². The molecule has 0 saturated carbocycles. The lowest BCUT2D eigenvalue weighted by Crippen LogP contribution is -2.39. The van der Waals surface area contributed by atoms with Crippen LogP contribution < -0.4 is 14.8 Å². The van der Waals surface area contributed by atoms with Crippen LogP contribution in [-0.4, -0.2) is 43.2 Å². The lowest BCUT2D eigenvalue weighted by molar-refractivity contribution is 0.102. The highest BCUT2D eigenvalue weighted by Crippen LogP contribution is 2.32. The van der Waals surface area contributed by atoms with E-state index in [1.54, 1.807) is 37.4 Å². The van der Waals surface area contributed by atoms with Gasteiger partial charge in [0.15, 0.2) is 11.5 Å². The normalized spacial score (nSPS) is 11.2. The minimum atomic E-state index is -0.247. The Morgan fingerprint density at radius 3 is 2.26 bits per heavy atom. The number of anilines is 1. The van der Waals surface area contributed by atoms with Crippen LogP contribution in [0.3, 0.4) is 0 Å². The van der Waals surface area contributed by atoms with Crippen molar-refractivity contribution in [3.05, 3.63) is 77.3 Å². The Kier molecular flexibility index (Phi) is 8.97. The van der Waals surface area contributed by atoms with Crippen LogP contribution in [0.2, 0.25) is 5.02 Å². The SMILES string of the molecule is COc1ccc(NC(=O)c2ccc(-c3ccccc3)c(Cl)c2)cc1OCCN(C(C)C)C(C)C. The quantitative estimate of drug-likeness (QED) is 0.348. The molecule has 3 aromatic rings. The summed E-state index contributed by atoms with van der Waals surface area (Å²) in [4.78, 5) is 15.2. The summed E-state index contributed by atoms with van der Waals surface area (Å²) < 4.78 is 11.5. The van der Waals surface area contributed by atoms with Gasteiger partial charge in [0, 0.05) is 46.5 Å². The molecule has 0 aromatic heterocycles. The molecule has 0 heterocycles. The fourth-order valence-corrected chi connectivity index (χ4v) is 4.24. The Labute approximate surface area is 207 Å². The van der Waals surface area contributed by atoms with Gasteiger partial charge >= 0.3 is 0 Å². The van der Waals surface area contributed by atoms with Gasteiger partial charge in [-0.2, -0.15) is 0 Å². The Morgan fingerprint density at radius 1 is 0.941 bits per heavy atom. The summed E-state index contributed by atoms with van der Waals surface area (Å²) in [6.07, 6.45) is 0. The minimum Gasteiger partial charge on any atom is -0.493 e. The van der Waals surface area contributed by atoms with E-state index in [9.17, 15) is 4.79 Å². The Hall–Kier alpha value is -3.02. The van der Waals surface area contributed by atoms with Crippen molar-refractivity contribution in [2.24, 2.45) is 0 Å². The van der Waals surface area contributed by atoms with Crippen LogP contribution in [0.4, 0.5) is 5.69 Å². The van der Waals surface area contributed by atoms with Crippen molar-refractivity contribution in [3.8, 4) is 22.6 Å². The standard InChI is InChI=1S/C28H33ClN2O3/c1-19(2)31(20(3)4)15-16-34-27-18-23(12-14-26(27)33-5)30-28(32)22-11-13-24(25(29)17-22)21-9-7-6-8-10-21/h6-14,17-20H,15-16H2,1-5H3,(H,30,32). The van der Waals surface area contributed by atoms with E-state index < -0.39 is 0 Å². The molecular weight excluding hydrogens is 448 g/mol. The van der Waals surface area contributed by atoms with Gasteiger partial charge in [0.2, 0.25) is 0 Å². The van der Waals surface area contributed by atoms with Crippen molar-refractivity contribution in [1.29, 1.82) is 0 Å². The number of nitrogens with zero attached hydrogens (tertiary/aromatic N) is 1. The summed E-state index contributed by atoms with van der Waals surface area (Å²) in [5, 5.41) is 3.45. The highest BCUT2D eigenvalue weighted by molar-refractivity contribution is 6.33. The first kappa shape index (κ1) is 25.6. The molecule has 0 aliphatic carbocycles. The van der Waals surface area contributed by atoms with E-state index in [-0.39, 0.29) is 5.91 Å². The number of hydrogen-bond donors (Lipinski definition) is 1. The van der Waals surface area contributed by atoms with E-state index in [0.717, 1.165) is 17.7 Å². The molecule has 3 aromatic carbocycles. The van der Waals surface area contributed by atoms with Crippen LogP contribution in [0, 0.1) is 0 Å². The van der Waals surface area contributed by atoms with E-state index in [2.05, 4.69) is 37.9 Å². The number of rotatable bonds is 10. The van der Waals surface area contributed by atoms with Gasteiger partial charge in [-0.15, -0.1) is 0 Å². The van der Waals surface area contributed by atoms with Gasteiger partial charge in [-0.1, -0.05) is 48.0 Å². The second kappa shape index (κ2) is 11.9. The van der Waals surface area contributed by atoms with Crippen LogP contribution in [0.15, 0.2) is 66.7 Å². The third-order valence-corrected chi connectivity index (χ3v) is 5.98. The van der Waals surface area contributed by atoms with Crippen LogP contribution in [-0.2, 0) is 0 Å². The summed E-state index contributed by atoms with van der Waals surface area (Å²) >= 11 is 6.48. The summed E-state index contributed by atoms with van der Waals surface area (Å²) in [5.74, 6) is 0.961. The van der Waals surface area contributed by atoms with E-state index in [1.807, 2.05) is 36.4 Å². The second-order valence-corrected chi connectivity index (χ2v) is 9.06. The monoisotopic (exact) mass is 480 g/mol. The number of amides is 1. The number of benzene rings is 3. The first-order valence-electron chi connectivity index (χ1n) is 11.5. The van der Waals surface area contributed by atoms with Gasteiger partial charge in [-0.3, -0.25) is 9.69 Å². The first-order valence-corrected chi connectivity index (χ1v) is 11.9. The Bertz CT molecular complexity index is 1090. The molecule has 5 nitrogen and oxygen atoms in total. The third-order valence-electron chi connectivity index (χ3n) is 5.67. The number of ether oxygens (including phenoxy) is 2. The smallest absolute Gasteiger partial charge is 0.255 e. The summed E-state index contributed by atoms with van der Waals surface area (Å²) in [6.45, 7) is 10.0. The predicted molar refractivity (Wildman–Crippen MR) is 140 cm³/mol. The van der Waals surface area contributed by atoms with Crippen LogP contribution >= 0.6 is 11.6 Å². The zero-order chi connectivity index (χ0) is 24.7. The van der Waals surface area contributed by atoms with Gasteiger partial charge < -0.3 is 14.8 Å². The molecule has 0 spiro atoms. The van der Waals surface area contributed by atoms with Crippen molar-refractivity contribution in [2.75, 3.05) is 25.6 Å². The van der Waals surface area contributed by atoms with Crippen LogP contribution in [0.5, 0.6) is 11.5 Å². The molecule has 6 heteroatoms. The molecule has 3 rings (SSSR count). The number of methoxy groups -OCH3 is 1. The zero-order valence-electron chi connectivity index (χ0n) is 20.5. The van der Waals surface area contributed by atoms with Crippen molar-refractivity contribution in [2.45, 2.75) is 39.8 Å². The number of carbonyl (C=O) groups is 1. The maximum atomic E-state index is 12.9. The average Bonchev–Trinajstić information content (AvgIpc) is 2.82. The molecule has 180 valence electrons. The average molecular weight is 481 g/mol. The topological polar surface area (TPSA) is 50.8 Å². The highest BCUT2D eigenvalue weighted by Gasteiger charge is 2.15. The summed E-state index contributed by atoms with van der Waals surface area (Å²) in [7, 11) is 1.60. The molecule has 0 unspecified atom stereocenters. The largest absolute Gasteiger partial charge is 0.493 e. The van der Waals surface area contributed by atoms with Crippen molar-refractivity contribution < 1.29 is 14.3 Å². The lowest BCUT2D eigenvalue weighted by Gasteiger charge is -2.30. The summed E-state index contributed by atoms with van der Waals surface area (Å²) in [6, 6.07) is 21.4. The van der Waals surface area contributed by atoms with Crippen molar-refractivity contribution in [3.63, 3.8) is 0 Å². The number of hydrogen-bond acceptors (Lipinski definition) is 4. The summed E-state index contributed by atoms with van der Waals surface area (Å²) in [5.41, 5.74) is 2.99. The number of carbonyl (C=O) groups excluding carboxylic acids is 1. The van der Waals surface area contributed by atoms with E-state index in [0.29, 0.717) is 46.5 Å². The number of nitrogens with one attached hydrogen (secondary N) is 1. The molecule has 0 bridgehead atoms. The molecule has 0 atom stereocenters. The van der Waals surface area contributed by atoms with Gasteiger partial charge in [0.25, 0.3) is 5.91 Å².